The fourth-order valence-electron chi connectivity index (χ4n) is 1.70. The van der Waals surface area contributed by atoms with Gasteiger partial charge in [0.2, 0.25) is 5.91 Å². The highest BCUT2D eigenvalue weighted by Gasteiger charge is 2.19. The van der Waals surface area contributed by atoms with Crippen molar-refractivity contribution in [1.82, 2.24) is 10.2 Å². The summed E-state index contributed by atoms with van der Waals surface area (Å²) < 4.78 is 10.4. The molecule has 0 aromatic heterocycles. The summed E-state index contributed by atoms with van der Waals surface area (Å²) >= 11 is 0. The highest BCUT2D eigenvalue weighted by Crippen LogP contribution is 2.12. The maximum absolute atomic E-state index is 11.7. The van der Waals surface area contributed by atoms with Crippen LogP contribution < -0.4 is 5.32 Å². The lowest BCUT2D eigenvalue weighted by Gasteiger charge is -2.20. The van der Waals surface area contributed by atoms with Crippen LogP contribution in [-0.2, 0) is 14.3 Å². The predicted octanol–water partition coefficient (Wildman–Crippen LogP) is -0.140. The molecule has 1 atom stereocenters. The lowest BCUT2D eigenvalue weighted by Crippen LogP contribution is -2.40. The minimum atomic E-state index is 0.103. The first-order chi connectivity index (χ1) is 7.74. The van der Waals surface area contributed by atoms with Gasteiger partial charge in [-0.05, 0) is 12.8 Å². The molecule has 5 nitrogen and oxygen atoms in total. The Morgan fingerprint density at radius 2 is 2.44 bits per heavy atom. The van der Waals surface area contributed by atoms with Gasteiger partial charge in [-0.1, -0.05) is 0 Å². The van der Waals surface area contributed by atoms with Gasteiger partial charge in [-0.25, -0.2) is 0 Å². The van der Waals surface area contributed by atoms with Crippen LogP contribution >= 0.6 is 0 Å². The molecule has 0 aliphatic carbocycles. The van der Waals surface area contributed by atoms with E-state index < -0.39 is 0 Å². The molecule has 0 aromatic rings. The molecule has 94 valence electrons. The van der Waals surface area contributed by atoms with E-state index in [1.54, 1.807) is 12.0 Å². The van der Waals surface area contributed by atoms with Gasteiger partial charge in [-0.2, -0.15) is 0 Å². The Morgan fingerprint density at radius 1 is 1.62 bits per heavy atom. The van der Waals surface area contributed by atoms with Crippen molar-refractivity contribution in [2.45, 2.75) is 18.9 Å². The number of ether oxygens (including phenoxy) is 2. The molecule has 1 saturated heterocycles. The quantitative estimate of drug-likeness (QED) is 0.619. The second-order valence-corrected chi connectivity index (χ2v) is 4.08. The number of likely N-dealkylation sites (N-methyl/N-ethyl adjacent to an activating group) is 1. The lowest BCUT2D eigenvalue weighted by atomic mass is 10.2. The fraction of sp³-hybridized carbons (Fsp3) is 0.909. The number of hydrogen-bond donors (Lipinski definition) is 1. The van der Waals surface area contributed by atoms with Gasteiger partial charge in [-0.3, -0.25) is 4.79 Å². The summed E-state index contributed by atoms with van der Waals surface area (Å²) in [6.07, 6.45) is 2.40. The smallest absolute Gasteiger partial charge is 0.236 e. The van der Waals surface area contributed by atoms with Crippen LogP contribution in [0, 0.1) is 0 Å². The van der Waals surface area contributed by atoms with E-state index in [-0.39, 0.29) is 12.0 Å². The topological polar surface area (TPSA) is 50.8 Å². The number of rotatable bonds is 7. The minimum absolute atomic E-state index is 0.103. The third kappa shape index (κ3) is 4.92. The second kappa shape index (κ2) is 7.60. The molecule has 1 aliphatic rings. The normalized spacial score (nSPS) is 20.0. The molecule has 0 spiro atoms. The molecule has 1 heterocycles. The Kier molecular flexibility index (Phi) is 6.37. The van der Waals surface area contributed by atoms with Crippen molar-refractivity contribution in [3.05, 3.63) is 0 Å². The van der Waals surface area contributed by atoms with E-state index in [0.717, 1.165) is 19.4 Å². The molecule has 1 amide bonds. The number of carbonyl (C=O) groups excluding carboxylic acids is 1. The van der Waals surface area contributed by atoms with Crippen LogP contribution in [0.2, 0.25) is 0 Å². The monoisotopic (exact) mass is 230 g/mol. The molecule has 0 radical (unpaired) electrons. The lowest BCUT2D eigenvalue weighted by molar-refractivity contribution is -0.130. The highest BCUT2D eigenvalue weighted by atomic mass is 16.5. The molecule has 0 aromatic carbocycles. The molecule has 1 unspecified atom stereocenters. The summed E-state index contributed by atoms with van der Waals surface area (Å²) in [6.45, 7) is 3.23. The van der Waals surface area contributed by atoms with E-state index in [0.29, 0.717) is 26.2 Å². The molecule has 0 bridgehead atoms. The summed E-state index contributed by atoms with van der Waals surface area (Å²) in [5.74, 6) is 0.103. The molecular weight excluding hydrogens is 208 g/mol. The van der Waals surface area contributed by atoms with Crippen molar-refractivity contribution in [3.8, 4) is 0 Å². The van der Waals surface area contributed by atoms with E-state index in [9.17, 15) is 4.79 Å². The maximum Gasteiger partial charge on any atom is 0.236 e. The van der Waals surface area contributed by atoms with E-state index >= 15 is 0 Å². The van der Waals surface area contributed by atoms with Crippen LogP contribution in [-0.4, -0.2) is 63.9 Å². The van der Waals surface area contributed by atoms with Crippen LogP contribution in [0.15, 0.2) is 0 Å². The number of carbonyl (C=O) groups is 1. The summed E-state index contributed by atoms with van der Waals surface area (Å²) in [5.41, 5.74) is 0. The Hall–Kier alpha value is -0.650. The Labute approximate surface area is 97.1 Å². The van der Waals surface area contributed by atoms with Crippen molar-refractivity contribution in [2.75, 3.05) is 47.0 Å². The minimum Gasteiger partial charge on any atom is -0.383 e. The first kappa shape index (κ1) is 13.4. The molecule has 1 fully saturated rings. The first-order valence-electron chi connectivity index (χ1n) is 5.79. The molecule has 5 heteroatoms. The maximum atomic E-state index is 11.7. The molecule has 16 heavy (non-hydrogen) atoms. The predicted molar refractivity (Wildman–Crippen MR) is 61.4 cm³/mol. The Morgan fingerprint density at radius 3 is 3.06 bits per heavy atom. The Balaban J connectivity index is 2.09. The number of nitrogens with one attached hydrogen (secondary N) is 1. The standard InChI is InChI=1S/C11H22N2O3/c1-13(9-10-4-3-6-16-10)11(14)8-12-5-7-15-2/h10,12H,3-9H2,1-2H3. The first-order valence-corrected chi connectivity index (χ1v) is 5.79. The highest BCUT2D eigenvalue weighted by molar-refractivity contribution is 5.77. The van der Waals surface area contributed by atoms with Crippen LogP contribution in [0.3, 0.4) is 0 Å². The van der Waals surface area contributed by atoms with Crippen molar-refractivity contribution in [1.29, 1.82) is 0 Å². The number of methoxy groups -OCH3 is 1. The number of nitrogens with zero attached hydrogens (tertiary/aromatic N) is 1. The zero-order valence-corrected chi connectivity index (χ0v) is 10.2. The van der Waals surface area contributed by atoms with Gasteiger partial charge >= 0.3 is 0 Å². The average Bonchev–Trinajstić information content (AvgIpc) is 2.76. The summed E-state index contributed by atoms with van der Waals surface area (Å²) in [7, 11) is 3.47. The third-order valence-electron chi connectivity index (χ3n) is 2.69. The molecule has 1 rings (SSSR count). The van der Waals surface area contributed by atoms with Crippen LogP contribution in [0.25, 0.3) is 0 Å². The number of hydrogen-bond acceptors (Lipinski definition) is 4. The van der Waals surface area contributed by atoms with Gasteiger partial charge in [-0.15, -0.1) is 0 Å². The summed E-state index contributed by atoms with van der Waals surface area (Å²) in [6, 6.07) is 0. The zero-order valence-electron chi connectivity index (χ0n) is 10.2. The van der Waals surface area contributed by atoms with E-state index in [1.165, 1.54) is 0 Å². The van der Waals surface area contributed by atoms with Crippen molar-refractivity contribution in [3.63, 3.8) is 0 Å². The van der Waals surface area contributed by atoms with E-state index in [1.807, 2.05) is 7.05 Å². The van der Waals surface area contributed by atoms with Crippen molar-refractivity contribution < 1.29 is 14.3 Å². The van der Waals surface area contributed by atoms with Gasteiger partial charge in [0.15, 0.2) is 0 Å². The third-order valence-corrected chi connectivity index (χ3v) is 2.69. The second-order valence-electron chi connectivity index (χ2n) is 4.08. The van der Waals surface area contributed by atoms with Crippen LogP contribution in [0.1, 0.15) is 12.8 Å². The molecule has 1 aliphatic heterocycles. The van der Waals surface area contributed by atoms with Crippen LogP contribution in [0.4, 0.5) is 0 Å². The van der Waals surface area contributed by atoms with Gasteiger partial charge in [0.25, 0.3) is 0 Å². The molecule has 1 N–H and O–H groups in total. The molecule has 0 saturated carbocycles. The Bertz CT molecular complexity index is 205. The average molecular weight is 230 g/mol. The van der Waals surface area contributed by atoms with Gasteiger partial charge in [0, 0.05) is 33.9 Å². The van der Waals surface area contributed by atoms with Crippen molar-refractivity contribution >= 4 is 5.91 Å². The largest absolute Gasteiger partial charge is 0.383 e. The molecular formula is C11H22N2O3. The number of amides is 1. The van der Waals surface area contributed by atoms with Crippen LogP contribution in [0.5, 0.6) is 0 Å². The summed E-state index contributed by atoms with van der Waals surface area (Å²) in [5, 5.41) is 3.03. The van der Waals surface area contributed by atoms with Gasteiger partial charge < -0.3 is 19.7 Å². The SMILES string of the molecule is COCCNCC(=O)N(C)CC1CCCO1. The van der Waals surface area contributed by atoms with Gasteiger partial charge in [0.05, 0.1) is 19.3 Å². The van der Waals surface area contributed by atoms with E-state index in [2.05, 4.69) is 5.32 Å². The van der Waals surface area contributed by atoms with Crippen molar-refractivity contribution in [2.24, 2.45) is 0 Å². The summed E-state index contributed by atoms with van der Waals surface area (Å²) in [4.78, 5) is 13.4. The fourth-order valence-corrected chi connectivity index (χ4v) is 1.70. The van der Waals surface area contributed by atoms with Gasteiger partial charge in [0.1, 0.15) is 0 Å². The van der Waals surface area contributed by atoms with E-state index in [4.69, 9.17) is 9.47 Å². The zero-order chi connectivity index (χ0) is 11.8.